The van der Waals surface area contributed by atoms with Gasteiger partial charge in [0, 0.05) is 23.3 Å². The predicted molar refractivity (Wildman–Crippen MR) is 65.2 cm³/mol. The van der Waals surface area contributed by atoms with Crippen LogP contribution < -0.4 is 4.74 Å². The number of aromatic nitrogens is 2. The van der Waals surface area contributed by atoms with Gasteiger partial charge in [0.05, 0.1) is 5.69 Å². The van der Waals surface area contributed by atoms with E-state index in [0.717, 1.165) is 4.96 Å². The monoisotopic (exact) mass is 284 g/mol. The van der Waals surface area contributed by atoms with Gasteiger partial charge >= 0.3 is 6.36 Å². The Morgan fingerprint density at radius 1 is 1.26 bits per heavy atom. The van der Waals surface area contributed by atoms with Crippen LogP contribution in [0.4, 0.5) is 13.2 Å². The van der Waals surface area contributed by atoms with Crippen LogP contribution in [-0.2, 0) is 0 Å². The summed E-state index contributed by atoms with van der Waals surface area (Å²) in [5, 5.41) is 1.88. The third kappa shape index (κ3) is 2.55. The molecule has 0 aliphatic rings. The molecule has 0 saturated heterocycles. The summed E-state index contributed by atoms with van der Waals surface area (Å²) in [5.74, 6) is -0.249. The van der Waals surface area contributed by atoms with E-state index in [2.05, 4.69) is 9.72 Å². The van der Waals surface area contributed by atoms with Gasteiger partial charge in [0.25, 0.3) is 0 Å². The first-order valence-corrected chi connectivity index (χ1v) is 6.18. The van der Waals surface area contributed by atoms with Gasteiger partial charge in [-0.2, -0.15) is 0 Å². The van der Waals surface area contributed by atoms with Gasteiger partial charge in [0.15, 0.2) is 4.96 Å². The average Bonchev–Trinajstić information content (AvgIpc) is 2.86. The Balaban J connectivity index is 1.96. The second kappa shape index (κ2) is 4.27. The Morgan fingerprint density at radius 3 is 2.84 bits per heavy atom. The lowest BCUT2D eigenvalue weighted by Gasteiger charge is -2.09. The molecule has 0 aliphatic carbocycles. The number of fused-ring (bicyclic) bond motifs is 1. The topological polar surface area (TPSA) is 26.5 Å². The fourth-order valence-electron chi connectivity index (χ4n) is 1.72. The van der Waals surface area contributed by atoms with Crippen molar-refractivity contribution in [1.29, 1.82) is 0 Å². The van der Waals surface area contributed by atoms with Crippen LogP contribution in [0, 0.1) is 0 Å². The fraction of sp³-hybridized carbons (Fsp3) is 0.0833. The molecular weight excluding hydrogens is 277 g/mol. The maximum atomic E-state index is 12.2. The van der Waals surface area contributed by atoms with Gasteiger partial charge in [-0.15, -0.1) is 24.5 Å². The van der Waals surface area contributed by atoms with Crippen LogP contribution >= 0.6 is 11.3 Å². The van der Waals surface area contributed by atoms with E-state index in [0.29, 0.717) is 11.3 Å². The minimum Gasteiger partial charge on any atom is -0.406 e. The van der Waals surface area contributed by atoms with Crippen molar-refractivity contribution in [2.45, 2.75) is 6.36 Å². The highest BCUT2D eigenvalue weighted by molar-refractivity contribution is 7.15. The highest BCUT2D eigenvalue weighted by atomic mass is 32.1. The van der Waals surface area contributed by atoms with Gasteiger partial charge in [-0.25, -0.2) is 4.98 Å². The first kappa shape index (κ1) is 12.0. The number of imidazole rings is 1. The summed E-state index contributed by atoms with van der Waals surface area (Å²) in [5.41, 5.74) is 1.19. The van der Waals surface area contributed by atoms with Gasteiger partial charge in [-0.1, -0.05) is 12.1 Å². The smallest absolute Gasteiger partial charge is 0.406 e. The summed E-state index contributed by atoms with van der Waals surface area (Å²) in [7, 11) is 0. The Labute approximate surface area is 109 Å². The van der Waals surface area contributed by atoms with Crippen molar-refractivity contribution in [3.8, 4) is 17.0 Å². The highest BCUT2D eigenvalue weighted by Crippen LogP contribution is 2.28. The fourth-order valence-corrected chi connectivity index (χ4v) is 2.42. The molecule has 0 amide bonds. The lowest BCUT2D eigenvalue weighted by Crippen LogP contribution is -2.17. The van der Waals surface area contributed by atoms with Gasteiger partial charge < -0.3 is 4.74 Å². The van der Waals surface area contributed by atoms with Crippen LogP contribution in [0.25, 0.3) is 16.2 Å². The number of benzene rings is 1. The van der Waals surface area contributed by atoms with Crippen molar-refractivity contribution in [3.63, 3.8) is 0 Å². The zero-order chi connectivity index (χ0) is 13.5. The largest absolute Gasteiger partial charge is 0.573 e. The summed E-state index contributed by atoms with van der Waals surface area (Å²) in [6.07, 6.45) is -1.09. The molecule has 0 N–H and O–H groups in total. The molecule has 98 valence electrons. The van der Waals surface area contributed by atoms with E-state index >= 15 is 0 Å². The molecule has 0 bridgehead atoms. The van der Waals surface area contributed by atoms with Crippen molar-refractivity contribution in [2.24, 2.45) is 0 Å². The summed E-state index contributed by atoms with van der Waals surface area (Å²) in [6, 6.07) is 5.77. The van der Waals surface area contributed by atoms with Crippen molar-refractivity contribution in [1.82, 2.24) is 9.38 Å². The molecule has 3 rings (SSSR count). The van der Waals surface area contributed by atoms with Gasteiger partial charge in [-0.3, -0.25) is 4.40 Å². The van der Waals surface area contributed by atoms with Crippen LogP contribution in [0.1, 0.15) is 0 Å². The summed E-state index contributed by atoms with van der Waals surface area (Å²) in [6.45, 7) is 0. The number of nitrogens with zero attached hydrogens (tertiary/aromatic N) is 2. The van der Waals surface area contributed by atoms with Crippen LogP contribution in [0.5, 0.6) is 5.75 Å². The van der Waals surface area contributed by atoms with E-state index in [9.17, 15) is 13.2 Å². The van der Waals surface area contributed by atoms with Crippen molar-refractivity contribution in [2.75, 3.05) is 0 Å². The molecule has 2 aromatic heterocycles. The van der Waals surface area contributed by atoms with Crippen molar-refractivity contribution in [3.05, 3.63) is 42.0 Å². The van der Waals surface area contributed by atoms with Crippen LogP contribution in [-0.4, -0.2) is 15.7 Å². The standard InChI is InChI=1S/C12H7F3N2OS/c13-12(14,15)18-9-3-1-2-8(6-9)10-7-17-4-5-19-11(17)16-10/h1-7H. The lowest BCUT2D eigenvalue weighted by atomic mass is 10.1. The normalized spacial score (nSPS) is 11.9. The Morgan fingerprint density at radius 2 is 2.11 bits per heavy atom. The zero-order valence-electron chi connectivity index (χ0n) is 9.39. The third-order valence-electron chi connectivity index (χ3n) is 2.46. The summed E-state index contributed by atoms with van der Waals surface area (Å²) < 4.78 is 42.2. The summed E-state index contributed by atoms with van der Waals surface area (Å²) in [4.78, 5) is 5.11. The number of halogens is 3. The van der Waals surface area contributed by atoms with E-state index in [1.54, 1.807) is 12.3 Å². The molecule has 7 heteroatoms. The Kier molecular flexibility index (Phi) is 2.70. The van der Waals surface area contributed by atoms with E-state index in [4.69, 9.17) is 0 Å². The molecule has 0 radical (unpaired) electrons. The molecule has 1 aromatic carbocycles. The van der Waals surface area contributed by atoms with E-state index in [1.807, 2.05) is 16.0 Å². The number of alkyl halides is 3. The molecule has 0 atom stereocenters. The first-order valence-electron chi connectivity index (χ1n) is 5.30. The molecule has 0 spiro atoms. The zero-order valence-corrected chi connectivity index (χ0v) is 10.2. The minimum atomic E-state index is -4.69. The molecule has 0 aliphatic heterocycles. The maximum Gasteiger partial charge on any atom is 0.573 e. The molecule has 0 unspecified atom stereocenters. The van der Waals surface area contributed by atoms with Crippen molar-refractivity contribution < 1.29 is 17.9 Å². The van der Waals surface area contributed by atoms with E-state index in [1.165, 1.54) is 29.5 Å². The molecule has 0 fully saturated rings. The Bertz CT molecular complexity index is 688. The second-order valence-electron chi connectivity index (χ2n) is 3.79. The van der Waals surface area contributed by atoms with Gasteiger partial charge in [-0.05, 0) is 12.1 Å². The molecular formula is C12H7F3N2OS. The number of rotatable bonds is 2. The predicted octanol–water partition coefficient (Wildman–Crippen LogP) is 3.96. The first-order chi connectivity index (χ1) is 9.01. The van der Waals surface area contributed by atoms with Crippen LogP contribution in [0.15, 0.2) is 42.0 Å². The molecule has 19 heavy (non-hydrogen) atoms. The van der Waals surface area contributed by atoms with Gasteiger partial charge in [0.2, 0.25) is 0 Å². The number of hydrogen-bond acceptors (Lipinski definition) is 3. The van der Waals surface area contributed by atoms with Crippen molar-refractivity contribution >= 4 is 16.3 Å². The lowest BCUT2D eigenvalue weighted by molar-refractivity contribution is -0.274. The maximum absolute atomic E-state index is 12.2. The van der Waals surface area contributed by atoms with E-state index < -0.39 is 6.36 Å². The highest BCUT2D eigenvalue weighted by Gasteiger charge is 2.31. The Hall–Kier alpha value is -2.02. The second-order valence-corrected chi connectivity index (χ2v) is 4.67. The number of thiazole rings is 1. The molecule has 3 nitrogen and oxygen atoms in total. The SMILES string of the molecule is FC(F)(F)Oc1cccc(-c2cn3ccsc3n2)c1. The quantitative estimate of drug-likeness (QED) is 0.712. The number of ether oxygens (including phenoxy) is 1. The van der Waals surface area contributed by atoms with Crippen LogP contribution in [0.3, 0.4) is 0 Å². The summed E-state index contributed by atoms with van der Waals surface area (Å²) >= 11 is 1.46. The van der Waals surface area contributed by atoms with Crippen LogP contribution in [0.2, 0.25) is 0 Å². The third-order valence-corrected chi connectivity index (χ3v) is 3.23. The molecule has 3 aromatic rings. The number of hydrogen-bond donors (Lipinski definition) is 0. The average molecular weight is 284 g/mol. The molecule has 2 heterocycles. The minimum absolute atomic E-state index is 0.249. The van der Waals surface area contributed by atoms with Gasteiger partial charge in [0.1, 0.15) is 5.75 Å². The molecule has 0 saturated carbocycles. The van der Waals surface area contributed by atoms with E-state index in [-0.39, 0.29) is 5.75 Å².